The minimum atomic E-state index is 0.512. The molecule has 2 N–H and O–H groups in total. The maximum Gasteiger partial charge on any atom is 0.00418 e. The smallest absolute Gasteiger partial charge is 0.00418 e. The topological polar surface area (TPSA) is 26.0 Å². The van der Waals surface area contributed by atoms with Gasteiger partial charge < -0.3 is 5.73 Å². The molecular weight excluding hydrogens is 170 g/mol. The third-order valence-corrected chi connectivity index (χ3v) is 4.70. The average Bonchev–Trinajstić information content (AvgIpc) is 2.62. The zero-order chi connectivity index (χ0) is 10.0. The summed E-state index contributed by atoms with van der Waals surface area (Å²) in [6.07, 6.45) is 12.8. The van der Waals surface area contributed by atoms with E-state index in [1.54, 1.807) is 0 Å². The fraction of sp³-hybridized carbons (Fsp3) is 1.00. The van der Waals surface area contributed by atoms with Crippen LogP contribution in [0.15, 0.2) is 0 Å². The van der Waals surface area contributed by atoms with Gasteiger partial charge in [-0.2, -0.15) is 0 Å². The summed E-state index contributed by atoms with van der Waals surface area (Å²) in [6, 6.07) is 0.512. The van der Waals surface area contributed by atoms with E-state index in [0.717, 1.165) is 11.3 Å². The van der Waals surface area contributed by atoms with E-state index in [0.29, 0.717) is 6.04 Å². The highest BCUT2D eigenvalue weighted by atomic mass is 14.7. The maximum absolute atomic E-state index is 6.11. The van der Waals surface area contributed by atoms with Crippen molar-refractivity contribution in [3.05, 3.63) is 0 Å². The van der Waals surface area contributed by atoms with Crippen LogP contribution < -0.4 is 5.73 Å². The minimum Gasteiger partial charge on any atom is -0.328 e. The molecule has 2 fully saturated rings. The Kier molecular flexibility index (Phi) is 3.16. The molecule has 1 spiro atoms. The van der Waals surface area contributed by atoms with Gasteiger partial charge >= 0.3 is 0 Å². The van der Waals surface area contributed by atoms with Gasteiger partial charge in [-0.3, -0.25) is 0 Å². The molecule has 0 aromatic rings. The van der Waals surface area contributed by atoms with E-state index in [2.05, 4.69) is 6.92 Å². The molecule has 0 aromatic heterocycles. The van der Waals surface area contributed by atoms with Gasteiger partial charge in [-0.25, -0.2) is 0 Å². The SMILES string of the molecule is CCCC1CC(N)CCC12CCCC2. The molecule has 2 atom stereocenters. The second-order valence-electron chi connectivity index (χ2n) is 5.59. The minimum absolute atomic E-state index is 0.512. The van der Waals surface area contributed by atoms with Crippen molar-refractivity contribution < 1.29 is 0 Å². The Balaban J connectivity index is 2.05. The molecule has 0 bridgehead atoms. The quantitative estimate of drug-likeness (QED) is 0.717. The van der Waals surface area contributed by atoms with Crippen molar-refractivity contribution in [3.63, 3.8) is 0 Å². The summed E-state index contributed by atoms with van der Waals surface area (Å²) in [5.41, 5.74) is 6.85. The van der Waals surface area contributed by atoms with Crippen molar-refractivity contribution in [1.82, 2.24) is 0 Å². The predicted molar refractivity (Wildman–Crippen MR) is 61.1 cm³/mol. The van der Waals surface area contributed by atoms with Crippen LogP contribution in [0.1, 0.15) is 64.7 Å². The van der Waals surface area contributed by atoms with Crippen molar-refractivity contribution in [2.24, 2.45) is 17.1 Å². The highest BCUT2D eigenvalue weighted by Gasteiger charge is 2.43. The maximum atomic E-state index is 6.11. The first kappa shape index (κ1) is 10.5. The molecule has 1 heteroatoms. The Bertz CT molecular complexity index is 182. The van der Waals surface area contributed by atoms with E-state index in [-0.39, 0.29) is 0 Å². The van der Waals surface area contributed by atoms with E-state index in [4.69, 9.17) is 5.73 Å². The van der Waals surface area contributed by atoms with Gasteiger partial charge in [-0.1, -0.05) is 32.6 Å². The number of hydrogen-bond donors (Lipinski definition) is 1. The van der Waals surface area contributed by atoms with E-state index in [1.807, 2.05) is 0 Å². The highest BCUT2D eigenvalue weighted by Crippen LogP contribution is 2.53. The molecule has 2 aliphatic carbocycles. The second kappa shape index (κ2) is 4.22. The van der Waals surface area contributed by atoms with Gasteiger partial charge in [0, 0.05) is 6.04 Å². The van der Waals surface area contributed by atoms with E-state index < -0.39 is 0 Å². The molecule has 2 saturated carbocycles. The van der Waals surface area contributed by atoms with Crippen LogP contribution in [0.25, 0.3) is 0 Å². The van der Waals surface area contributed by atoms with Crippen LogP contribution >= 0.6 is 0 Å². The summed E-state index contributed by atoms with van der Waals surface area (Å²) in [5.74, 6) is 0.957. The molecule has 0 heterocycles. The van der Waals surface area contributed by atoms with Crippen LogP contribution in [0.4, 0.5) is 0 Å². The molecule has 2 unspecified atom stereocenters. The van der Waals surface area contributed by atoms with Crippen LogP contribution in [0.5, 0.6) is 0 Å². The molecule has 2 aliphatic rings. The molecule has 82 valence electrons. The first-order valence-electron chi connectivity index (χ1n) is 6.52. The summed E-state index contributed by atoms with van der Waals surface area (Å²) >= 11 is 0. The van der Waals surface area contributed by atoms with Crippen LogP contribution in [0.2, 0.25) is 0 Å². The third kappa shape index (κ3) is 1.84. The molecule has 0 amide bonds. The Hall–Kier alpha value is -0.0400. The lowest BCUT2D eigenvalue weighted by Gasteiger charge is -2.44. The molecule has 0 radical (unpaired) electrons. The van der Waals surface area contributed by atoms with E-state index in [1.165, 1.54) is 57.8 Å². The third-order valence-electron chi connectivity index (χ3n) is 4.70. The van der Waals surface area contributed by atoms with Gasteiger partial charge in [0.2, 0.25) is 0 Å². The number of nitrogens with two attached hydrogens (primary N) is 1. The standard InChI is InChI=1S/C13H25N/c1-2-5-11-10-12(14)6-9-13(11)7-3-4-8-13/h11-12H,2-10,14H2,1H3. The predicted octanol–water partition coefficient (Wildman–Crippen LogP) is 3.47. The van der Waals surface area contributed by atoms with Gasteiger partial charge in [0.1, 0.15) is 0 Å². The lowest BCUT2D eigenvalue weighted by atomic mass is 9.62. The van der Waals surface area contributed by atoms with Crippen LogP contribution in [0, 0.1) is 11.3 Å². The van der Waals surface area contributed by atoms with Crippen molar-refractivity contribution in [3.8, 4) is 0 Å². The monoisotopic (exact) mass is 195 g/mol. The van der Waals surface area contributed by atoms with Gasteiger partial charge in [-0.05, 0) is 43.4 Å². The molecule has 1 nitrogen and oxygen atoms in total. The van der Waals surface area contributed by atoms with Crippen molar-refractivity contribution in [2.45, 2.75) is 70.8 Å². The number of hydrogen-bond acceptors (Lipinski definition) is 1. The highest BCUT2D eigenvalue weighted by molar-refractivity contribution is 4.95. The average molecular weight is 195 g/mol. The lowest BCUT2D eigenvalue weighted by molar-refractivity contribution is 0.0819. The fourth-order valence-electron chi connectivity index (χ4n) is 3.92. The normalized spacial score (nSPS) is 36.4. The van der Waals surface area contributed by atoms with Crippen molar-refractivity contribution in [1.29, 1.82) is 0 Å². The number of rotatable bonds is 2. The van der Waals surface area contributed by atoms with Gasteiger partial charge in [0.15, 0.2) is 0 Å². The summed E-state index contributed by atoms with van der Waals surface area (Å²) in [4.78, 5) is 0. The Morgan fingerprint density at radius 1 is 1.21 bits per heavy atom. The largest absolute Gasteiger partial charge is 0.328 e. The zero-order valence-corrected chi connectivity index (χ0v) is 9.60. The van der Waals surface area contributed by atoms with Crippen LogP contribution in [-0.2, 0) is 0 Å². The Labute approximate surface area is 88.4 Å². The van der Waals surface area contributed by atoms with Crippen molar-refractivity contribution in [2.75, 3.05) is 0 Å². The first-order chi connectivity index (χ1) is 6.77. The van der Waals surface area contributed by atoms with E-state index in [9.17, 15) is 0 Å². The fourth-order valence-corrected chi connectivity index (χ4v) is 3.92. The molecule has 0 aromatic carbocycles. The molecule has 0 aliphatic heterocycles. The molecule has 14 heavy (non-hydrogen) atoms. The van der Waals surface area contributed by atoms with Crippen LogP contribution in [0.3, 0.4) is 0 Å². The van der Waals surface area contributed by atoms with Gasteiger partial charge in [-0.15, -0.1) is 0 Å². The summed E-state index contributed by atoms with van der Waals surface area (Å²) < 4.78 is 0. The van der Waals surface area contributed by atoms with E-state index >= 15 is 0 Å². The van der Waals surface area contributed by atoms with Gasteiger partial charge in [0.25, 0.3) is 0 Å². The van der Waals surface area contributed by atoms with Gasteiger partial charge in [0.05, 0.1) is 0 Å². The lowest BCUT2D eigenvalue weighted by Crippen LogP contribution is -2.40. The molecule has 0 saturated heterocycles. The summed E-state index contributed by atoms with van der Waals surface area (Å²) in [5, 5.41) is 0. The summed E-state index contributed by atoms with van der Waals surface area (Å²) in [6.45, 7) is 2.32. The molecule has 2 rings (SSSR count). The Morgan fingerprint density at radius 2 is 1.93 bits per heavy atom. The summed E-state index contributed by atoms with van der Waals surface area (Å²) in [7, 11) is 0. The molecular formula is C13H25N. The first-order valence-corrected chi connectivity index (χ1v) is 6.52. The zero-order valence-electron chi connectivity index (χ0n) is 9.60. The second-order valence-corrected chi connectivity index (χ2v) is 5.59. The van der Waals surface area contributed by atoms with Crippen LogP contribution in [-0.4, -0.2) is 6.04 Å². The van der Waals surface area contributed by atoms with Crippen molar-refractivity contribution >= 4 is 0 Å². The Morgan fingerprint density at radius 3 is 2.57 bits per heavy atom.